The molecule has 1 aromatic carbocycles. The van der Waals surface area contributed by atoms with Crippen LogP contribution in [0, 0.1) is 0 Å². The van der Waals surface area contributed by atoms with Gasteiger partial charge < -0.3 is 9.64 Å². The summed E-state index contributed by atoms with van der Waals surface area (Å²) in [7, 11) is 1.57. The average molecular weight is 332 g/mol. The number of rotatable bonds is 7. The second-order valence-electron chi connectivity index (χ2n) is 5.43. The lowest BCUT2D eigenvalue weighted by Gasteiger charge is -2.19. The van der Waals surface area contributed by atoms with Crippen molar-refractivity contribution in [3.05, 3.63) is 35.4 Å². The highest BCUT2D eigenvalue weighted by molar-refractivity contribution is 6.21. The molecule has 0 saturated heterocycles. The van der Waals surface area contributed by atoms with Gasteiger partial charge in [-0.2, -0.15) is 0 Å². The van der Waals surface area contributed by atoms with Gasteiger partial charge in [0.2, 0.25) is 5.91 Å². The molecular weight excluding hydrogens is 312 g/mol. The van der Waals surface area contributed by atoms with Crippen LogP contribution in [-0.2, 0) is 14.3 Å². The molecule has 1 heterocycles. The molecule has 0 atom stereocenters. The van der Waals surface area contributed by atoms with Crippen LogP contribution in [0.15, 0.2) is 24.3 Å². The minimum Gasteiger partial charge on any atom is -0.466 e. The number of imide groups is 1. The molecule has 24 heavy (non-hydrogen) atoms. The van der Waals surface area contributed by atoms with Crippen LogP contribution in [0.4, 0.5) is 0 Å². The fourth-order valence-electron chi connectivity index (χ4n) is 2.46. The summed E-state index contributed by atoms with van der Waals surface area (Å²) in [6, 6.07) is 6.59. The molecule has 0 fully saturated rings. The summed E-state index contributed by atoms with van der Waals surface area (Å²) in [6.45, 7) is 2.28. The zero-order valence-corrected chi connectivity index (χ0v) is 13.8. The average Bonchev–Trinajstić information content (AvgIpc) is 2.82. The lowest BCUT2D eigenvalue weighted by Crippen LogP contribution is -2.36. The Kier molecular flexibility index (Phi) is 5.68. The van der Waals surface area contributed by atoms with E-state index in [0.717, 1.165) is 4.90 Å². The van der Waals surface area contributed by atoms with Crippen LogP contribution < -0.4 is 0 Å². The van der Waals surface area contributed by atoms with Crippen LogP contribution in [0.5, 0.6) is 0 Å². The number of carbonyl (C=O) groups is 4. The number of ether oxygens (including phenoxy) is 1. The largest absolute Gasteiger partial charge is 0.466 e. The summed E-state index contributed by atoms with van der Waals surface area (Å²) < 4.78 is 4.80. The molecule has 7 nitrogen and oxygen atoms in total. The molecule has 1 aromatic rings. The Morgan fingerprint density at radius 2 is 1.67 bits per heavy atom. The van der Waals surface area contributed by atoms with Gasteiger partial charge in [0, 0.05) is 26.6 Å². The Morgan fingerprint density at radius 3 is 2.21 bits per heavy atom. The van der Waals surface area contributed by atoms with E-state index in [4.69, 9.17) is 4.74 Å². The number of hydrogen-bond acceptors (Lipinski definition) is 5. The van der Waals surface area contributed by atoms with Crippen molar-refractivity contribution >= 4 is 23.7 Å². The minimum atomic E-state index is -0.377. The summed E-state index contributed by atoms with van der Waals surface area (Å²) in [5.41, 5.74) is 0.733. The predicted octanol–water partition coefficient (Wildman–Crippen LogP) is 1.08. The van der Waals surface area contributed by atoms with E-state index in [9.17, 15) is 19.2 Å². The molecule has 0 unspecified atom stereocenters. The summed E-state index contributed by atoms with van der Waals surface area (Å²) >= 11 is 0. The fraction of sp³-hybridized carbons (Fsp3) is 0.412. The van der Waals surface area contributed by atoms with Crippen LogP contribution in [-0.4, -0.2) is 60.2 Å². The molecule has 1 aliphatic rings. The highest BCUT2D eigenvalue weighted by atomic mass is 16.5. The molecule has 0 bridgehead atoms. The van der Waals surface area contributed by atoms with Gasteiger partial charge >= 0.3 is 5.97 Å². The zero-order chi connectivity index (χ0) is 17.7. The lowest BCUT2D eigenvalue weighted by atomic mass is 10.1. The molecule has 1 aliphatic heterocycles. The van der Waals surface area contributed by atoms with Crippen molar-refractivity contribution in [2.24, 2.45) is 0 Å². The zero-order valence-electron chi connectivity index (χ0n) is 13.8. The quantitative estimate of drug-likeness (QED) is 0.551. The first-order valence-electron chi connectivity index (χ1n) is 7.80. The van der Waals surface area contributed by atoms with Crippen molar-refractivity contribution in [2.75, 3.05) is 26.7 Å². The molecule has 2 rings (SSSR count). The Morgan fingerprint density at radius 1 is 1.08 bits per heavy atom. The molecule has 7 heteroatoms. The first-order chi connectivity index (χ1) is 11.5. The smallest absolute Gasteiger partial charge is 0.307 e. The van der Waals surface area contributed by atoms with Gasteiger partial charge in [0.1, 0.15) is 0 Å². The van der Waals surface area contributed by atoms with Crippen LogP contribution >= 0.6 is 0 Å². The number of carbonyl (C=O) groups excluding carboxylic acids is 4. The predicted molar refractivity (Wildman–Crippen MR) is 85.3 cm³/mol. The Bertz CT molecular complexity index is 636. The monoisotopic (exact) mass is 332 g/mol. The molecule has 0 spiro atoms. The van der Waals surface area contributed by atoms with Crippen LogP contribution in [0.25, 0.3) is 0 Å². The third kappa shape index (κ3) is 3.79. The Balaban J connectivity index is 1.85. The van der Waals surface area contributed by atoms with E-state index in [-0.39, 0.29) is 49.6 Å². The number of nitrogens with zero attached hydrogens (tertiary/aromatic N) is 2. The van der Waals surface area contributed by atoms with Crippen molar-refractivity contribution in [3.63, 3.8) is 0 Å². The minimum absolute atomic E-state index is 0.0186. The third-order valence-electron chi connectivity index (χ3n) is 3.81. The maximum absolute atomic E-state index is 12.2. The van der Waals surface area contributed by atoms with Crippen LogP contribution in [0.2, 0.25) is 0 Å². The van der Waals surface area contributed by atoms with E-state index < -0.39 is 0 Å². The molecule has 0 radical (unpaired) electrons. The molecule has 0 aromatic heterocycles. The topological polar surface area (TPSA) is 84.0 Å². The van der Waals surface area contributed by atoms with Gasteiger partial charge in [-0.25, -0.2) is 0 Å². The number of hydrogen-bond donors (Lipinski definition) is 0. The normalized spacial score (nSPS) is 13.0. The van der Waals surface area contributed by atoms with Crippen molar-refractivity contribution in [1.29, 1.82) is 0 Å². The summed E-state index contributed by atoms with van der Waals surface area (Å²) in [6.07, 6.45) is 0.133. The van der Waals surface area contributed by atoms with Crippen molar-refractivity contribution in [1.82, 2.24) is 9.80 Å². The van der Waals surface area contributed by atoms with E-state index in [1.165, 1.54) is 4.90 Å². The standard InChI is InChI=1S/C17H20N2O5/c1-3-24-15(21)9-10-18(2)14(20)8-11-19-16(22)12-6-4-5-7-13(12)17(19)23/h4-7H,3,8-11H2,1-2H3. The SMILES string of the molecule is CCOC(=O)CCN(C)C(=O)CCN1C(=O)c2ccccc2C1=O. The first kappa shape index (κ1) is 17.7. The van der Waals surface area contributed by atoms with E-state index >= 15 is 0 Å². The highest BCUT2D eigenvalue weighted by Gasteiger charge is 2.35. The van der Waals surface area contributed by atoms with Gasteiger partial charge in [0.25, 0.3) is 11.8 Å². The fourth-order valence-corrected chi connectivity index (χ4v) is 2.46. The van der Waals surface area contributed by atoms with Crippen LogP contribution in [0.3, 0.4) is 0 Å². The number of amides is 3. The Hall–Kier alpha value is -2.70. The molecule has 0 saturated carbocycles. The van der Waals surface area contributed by atoms with E-state index in [1.807, 2.05) is 0 Å². The summed E-state index contributed by atoms with van der Waals surface area (Å²) in [4.78, 5) is 50.2. The first-order valence-corrected chi connectivity index (χ1v) is 7.80. The second-order valence-corrected chi connectivity index (χ2v) is 5.43. The summed E-state index contributed by atoms with van der Waals surface area (Å²) in [5, 5.41) is 0. The molecule has 0 N–H and O–H groups in total. The van der Waals surface area contributed by atoms with Gasteiger partial charge in [0.15, 0.2) is 0 Å². The molecular formula is C17H20N2O5. The maximum atomic E-state index is 12.2. The number of fused-ring (bicyclic) bond motifs is 1. The van der Waals surface area contributed by atoms with E-state index in [2.05, 4.69) is 0 Å². The second kappa shape index (κ2) is 7.72. The summed E-state index contributed by atoms with van der Waals surface area (Å²) in [5.74, 6) is -1.36. The molecule has 128 valence electrons. The van der Waals surface area contributed by atoms with Crippen molar-refractivity contribution in [3.8, 4) is 0 Å². The van der Waals surface area contributed by atoms with Gasteiger partial charge in [-0.3, -0.25) is 24.1 Å². The van der Waals surface area contributed by atoms with Crippen molar-refractivity contribution < 1.29 is 23.9 Å². The van der Waals surface area contributed by atoms with Gasteiger partial charge in [-0.15, -0.1) is 0 Å². The highest BCUT2D eigenvalue weighted by Crippen LogP contribution is 2.22. The van der Waals surface area contributed by atoms with E-state index in [0.29, 0.717) is 17.7 Å². The van der Waals surface area contributed by atoms with E-state index in [1.54, 1.807) is 38.2 Å². The van der Waals surface area contributed by atoms with Crippen LogP contribution in [0.1, 0.15) is 40.5 Å². The lowest BCUT2D eigenvalue weighted by molar-refractivity contribution is -0.143. The van der Waals surface area contributed by atoms with Crippen molar-refractivity contribution in [2.45, 2.75) is 19.8 Å². The molecule has 3 amide bonds. The molecule has 0 aliphatic carbocycles. The van der Waals surface area contributed by atoms with Gasteiger partial charge in [-0.05, 0) is 19.1 Å². The number of benzene rings is 1. The van der Waals surface area contributed by atoms with Gasteiger partial charge in [0.05, 0.1) is 24.2 Å². The Labute approximate surface area is 140 Å². The maximum Gasteiger partial charge on any atom is 0.307 e. The number of esters is 1. The van der Waals surface area contributed by atoms with Gasteiger partial charge in [-0.1, -0.05) is 12.1 Å². The third-order valence-corrected chi connectivity index (χ3v) is 3.81.